The van der Waals surface area contributed by atoms with Gasteiger partial charge in [-0.3, -0.25) is 18.7 Å². The first-order valence-corrected chi connectivity index (χ1v) is 7.27. The number of rotatable bonds is 5. The summed E-state index contributed by atoms with van der Waals surface area (Å²) >= 11 is 1.31. The van der Waals surface area contributed by atoms with E-state index in [4.69, 9.17) is 10.2 Å². The summed E-state index contributed by atoms with van der Waals surface area (Å²) in [5, 5.41) is 0. The lowest BCUT2D eigenvalue weighted by Gasteiger charge is -2.10. The van der Waals surface area contributed by atoms with Gasteiger partial charge in [-0.05, 0) is 12.1 Å². The van der Waals surface area contributed by atoms with Gasteiger partial charge in [-0.25, -0.2) is 4.79 Å². The van der Waals surface area contributed by atoms with Crippen molar-refractivity contribution in [3.63, 3.8) is 0 Å². The molecule has 0 aliphatic rings. The molecule has 0 aromatic carbocycles. The molecule has 0 fully saturated rings. The summed E-state index contributed by atoms with van der Waals surface area (Å²) in [5.74, 6) is 0.837. The molecule has 0 saturated carbocycles. The Morgan fingerprint density at radius 3 is 2.67 bits per heavy atom. The van der Waals surface area contributed by atoms with Gasteiger partial charge in [0.05, 0.1) is 17.8 Å². The van der Waals surface area contributed by atoms with Gasteiger partial charge in [0.25, 0.3) is 5.56 Å². The molecule has 2 rings (SSSR count). The zero-order chi connectivity index (χ0) is 15.6. The van der Waals surface area contributed by atoms with Gasteiger partial charge in [0, 0.05) is 14.1 Å². The molecule has 0 aliphatic heterocycles. The highest BCUT2D eigenvalue weighted by Crippen LogP contribution is 2.15. The molecule has 112 valence electrons. The Bertz CT molecular complexity index is 774. The molecule has 2 aromatic heterocycles. The van der Waals surface area contributed by atoms with Gasteiger partial charge >= 0.3 is 5.69 Å². The normalized spacial score (nSPS) is 10.8. The first-order valence-electron chi connectivity index (χ1n) is 6.12. The molecule has 0 amide bonds. The zero-order valence-corrected chi connectivity index (χ0v) is 12.5. The first kappa shape index (κ1) is 15.2. The third-order valence-corrected chi connectivity index (χ3v) is 4.00. The van der Waals surface area contributed by atoms with Crippen molar-refractivity contribution in [1.29, 1.82) is 0 Å². The fourth-order valence-corrected chi connectivity index (χ4v) is 2.63. The smallest absolute Gasteiger partial charge is 0.332 e. The highest BCUT2D eigenvalue weighted by Gasteiger charge is 2.19. The van der Waals surface area contributed by atoms with E-state index in [2.05, 4.69) is 0 Å². The number of carbonyl (C=O) groups is 1. The third-order valence-electron chi connectivity index (χ3n) is 3.05. The Labute approximate surface area is 124 Å². The molecule has 7 nitrogen and oxygen atoms in total. The number of anilines is 1. The van der Waals surface area contributed by atoms with Crippen LogP contribution in [0.2, 0.25) is 0 Å². The van der Waals surface area contributed by atoms with Crippen molar-refractivity contribution in [2.24, 2.45) is 14.1 Å². The SMILES string of the molecule is Cn1c(N)c(C(=O)CSCc2ccco2)c(=O)n(C)c1=O. The van der Waals surface area contributed by atoms with E-state index in [0.717, 1.165) is 14.9 Å². The fourth-order valence-electron chi connectivity index (χ4n) is 1.83. The molecule has 2 aromatic rings. The maximum atomic E-state index is 12.2. The second-order valence-corrected chi connectivity index (χ2v) is 5.45. The lowest BCUT2D eigenvalue weighted by atomic mass is 10.2. The number of carbonyl (C=O) groups excluding carboxylic acids is 1. The Hall–Kier alpha value is -2.22. The Balaban J connectivity index is 2.20. The van der Waals surface area contributed by atoms with Gasteiger partial charge in [-0.15, -0.1) is 11.8 Å². The van der Waals surface area contributed by atoms with E-state index in [1.165, 1.54) is 25.9 Å². The molecule has 0 atom stereocenters. The topological polar surface area (TPSA) is 100 Å². The molecule has 0 radical (unpaired) electrons. The zero-order valence-electron chi connectivity index (χ0n) is 11.7. The number of aromatic nitrogens is 2. The van der Waals surface area contributed by atoms with Crippen LogP contribution in [-0.4, -0.2) is 20.7 Å². The van der Waals surface area contributed by atoms with E-state index in [0.29, 0.717) is 5.75 Å². The van der Waals surface area contributed by atoms with Crippen molar-refractivity contribution >= 4 is 23.4 Å². The highest BCUT2D eigenvalue weighted by atomic mass is 32.2. The van der Waals surface area contributed by atoms with Crippen LogP contribution in [0.4, 0.5) is 5.82 Å². The number of hydrogen-bond donors (Lipinski definition) is 1. The number of ketones is 1. The minimum atomic E-state index is -0.667. The summed E-state index contributed by atoms with van der Waals surface area (Å²) < 4.78 is 7.12. The quantitative estimate of drug-likeness (QED) is 0.801. The Morgan fingerprint density at radius 2 is 2.05 bits per heavy atom. The summed E-state index contributed by atoms with van der Waals surface area (Å²) in [6.45, 7) is 0. The summed E-state index contributed by atoms with van der Waals surface area (Å²) in [6.07, 6.45) is 1.55. The van der Waals surface area contributed by atoms with Crippen LogP contribution in [0.5, 0.6) is 0 Å². The highest BCUT2D eigenvalue weighted by molar-refractivity contribution is 7.99. The summed E-state index contributed by atoms with van der Waals surface area (Å²) in [7, 11) is 2.74. The molecule has 0 saturated heterocycles. The molecular formula is C13H15N3O4S. The maximum Gasteiger partial charge on any atom is 0.332 e. The molecule has 8 heteroatoms. The van der Waals surface area contributed by atoms with E-state index in [9.17, 15) is 14.4 Å². The standard InChI is InChI=1S/C13H15N3O4S/c1-15-11(14)10(12(18)16(2)13(15)19)9(17)7-21-6-8-4-3-5-20-8/h3-5H,6-7,14H2,1-2H3. The molecule has 0 spiro atoms. The van der Waals surface area contributed by atoms with Crippen molar-refractivity contribution in [1.82, 2.24) is 9.13 Å². The molecule has 2 N–H and O–H groups in total. The van der Waals surface area contributed by atoms with Gasteiger partial charge in [0.15, 0.2) is 5.78 Å². The summed E-state index contributed by atoms with van der Waals surface area (Å²) in [6, 6.07) is 3.56. The lowest BCUT2D eigenvalue weighted by Crippen LogP contribution is -2.41. The number of furan rings is 1. The maximum absolute atomic E-state index is 12.2. The van der Waals surface area contributed by atoms with Crippen LogP contribution in [0.3, 0.4) is 0 Å². The van der Waals surface area contributed by atoms with Crippen LogP contribution in [0, 0.1) is 0 Å². The number of thioether (sulfide) groups is 1. The van der Waals surface area contributed by atoms with Crippen LogP contribution in [0.15, 0.2) is 32.4 Å². The van der Waals surface area contributed by atoms with Crippen LogP contribution >= 0.6 is 11.8 Å². The lowest BCUT2D eigenvalue weighted by molar-refractivity contribution is 0.102. The van der Waals surface area contributed by atoms with E-state index < -0.39 is 17.0 Å². The van der Waals surface area contributed by atoms with Gasteiger partial charge in [-0.1, -0.05) is 0 Å². The molecule has 0 unspecified atom stereocenters. The Morgan fingerprint density at radius 1 is 1.33 bits per heavy atom. The van der Waals surface area contributed by atoms with Crippen LogP contribution in [0.1, 0.15) is 16.1 Å². The van der Waals surface area contributed by atoms with E-state index in [1.807, 2.05) is 0 Å². The summed E-state index contributed by atoms with van der Waals surface area (Å²) in [5.41, 5.74) is 4.35. The van der Waals surface area contributed by atoms with Gasteiger partial charge in [-0.2, -0.15) is 0 Å². The number of nitrogen functional groups attached to an aromatic ring is 1. The number of nitrogens with zero attached hydrogens (tertiary/aromatic N) is 2. The largest absolute Gasteiger partial charge is 0.468 e. The van der Waals surface area contributed by atoms with Crippen molar-refractivity contribution in [3.05, 3.63) is 50.6 Å². The molecule has 2 heterocycles. The van der Waals surface area contributed by atoms with Crippen LogP contribution in [0.25, 0.3) is 0 Å². The van der Waals surface area contributed by atoms with Crippen LogP contribution < -0.4 is 17.0 Å². The van der Waals surface area contributed by atoms with Crippen LogP contribution in [-0.2, 0) is 19.8 Å². The average Bonchev–Trinajstić information content (AvgIpc) is 2.96. The van der Waals surface area contributed by atoms with Crippen molar-refractivity contribution in [2.75, 3.05) is 11.5 Å². The third kappa shape index (κ3) is 2.94. The molecule has 0 aliphatic carbocycles. The second-order valence-electron chi connectivity index (χ2n) is 4.46. The van der Waals surface area contributed by atoms with E-state index in [1.54, 1.807) is 18.4 Å². The van der Waals surface area contributed by atoms with Crippen molar-refractivity contribution in [3.8, 4) is 0 Å². The molecular weight excluding hydrogens is 294 g/mol. The minimum absolute atomic E-state index is 0.0817. The fraction of sp³-hybridized carbons (Fsp3) is 0.308. The number of nitrogens with two attached hydrogens (primary N) is 1. The van der Waals surface area contributed by atoms with Gasteiger partial charge < -0.3 is 10.2 Å². The predicted octanol–water partition coefficient (Wildman–Crippen LogP) is 0.375. The predicted molar refractivity (Wildman–Crippen MR) is 80.5 cm³/mol. The Kier molecular flexibility index (Phi) is 4.37. The van der Waals surface area contributed by atoms with Crippen molar-refractivity contribution < 1.29 is 9.21 Å². The van der Waals surface area contributed by atoms with Gasteiger partial charge in [0.1, 0.15) is 17.1 Å². The number of Topliss-reactive ketones (excluding diaryl/α,β-unsaturated/α-hetero) is 1. The van der Waals surface area contributed by atoms with E-state index >= 15 is 0 Å². The average molecular weight is 309 g/mol. The molecule has 0 bridgehead atoms. The number of hydrogen-bond acceptors (Lipinski definition) is 6. The monoisotopic (exact) mass is 309 g/mol. The minimum Gasteiger partial charge on any atom is -0.468 e. The van der Waals surface area contributed by atoms with Crippen molar-refractivity contribution in [2.45, 2.75) is 5.75 Å². The molecule has 21 heavy (non-hydrogen) atoms. The van der Waals surface area contributed by atoms with E-state index in [-0.39, 0.29) is 17.1 Å². The first-order chi connectivity index (χ1) is 9.93. The second kappa shape index (κ2) is 6.04. The van der Waals surface area contributed by atoms with Gasteiger partial charge in [0.2, 0.25) is 0 Å². The summed E-state index contributed by atoms with van der Waals surface area (Å²) in [4.78, 5) is 35.9.